The Balaban J connectivity index is 2.61. The van der Waals surface area contributed by atoms with Crippen molar-refractivity contribution in [2.24, 2.45) is 11.8 Å². The summed E-state index contributed by atoms with van der Waals surface area (Å²) in [7, 11) is 0. The van der Waals surface area contributed by atoms with Crippen molar-refractivity contribution < 1.29 is 14.7 Å². The third-order valence-electron chi connectivity index (χ3n) is 4.12. The predicted molar refractivity (Wildman–Crippen MR) is 78.5 cm³/mol. The molecule has 5 nitrogen and oxygen atoms in total. The summed E-state index contributed by atoms with van der Waals surface area (Å²) in [5.41, 5.74) is 0. The second-order valence-corrected chi connectivity index (χ2v) is 6.29. The molecule has 1 aliphatic rings. The van der Waals surface area contributed by atoms with Gasteiger partial charge in [-0.25, -0.2) is 0 Å². The highest BCUT2D eigenvalue weighted by Crippen LogP contribution is 2.25. The van der Waals surface area contributed by atoms with Crippen LogP contribution in [-0.4, -0.2) is 47.1 Å². The maximum absolute atomic E-state index is 12.2. The van der Waals surface area contributed by atoms with Crippen molar-refractivity contribution in [1.29, 1.82) is 0 Å². The average molecular weight is 284 g/mol. The molecule has 0 aromatic carbocycles. The molecule has 5 heteroatoms. The zero-order valence-electron chi connectivity index (χ0n) is 13.1. The van der Waals surface area contributed by atoms with Crippen molar-refractivity contribution in [1.82, 2.24) is 10.2 Å². The first-order valence-electron chi connectivity index (χ1n) is 7.60. The van der Waals surface area contributed by atoms with Crippen LogP contribution in [0.2, 0.25) is 0 Å². The minimum absolute atomic E-state index is 0.0639. The fourth-order valence-corrected chi connectivity index (χ4v) is 2.82. The van der Waals surface area contributed by atoms with Crippen LogP contribution in [-0.2, 0) is 9.59 Å². The largest absolute Gasteiger partial charge is 0.480 e. The van der Waals surface area contributed by atoms with Gasteiger partial charge in [-0.2, -0.15) is 0 Å². The molecule has 3 atom stereocenters. The molecule has 1 rings (SSSR count). The maximum Gasteiger partial charge on any atom is 0.321 e. The summed E-state index contributed by atoms with van der Waals surface area (Å²) in [4.78, 5) is 25.4. The summed E-state index contributed by atoms with van der Waals surface area (Å²) in [6, 6.07) is -0.930. The molecule has 1 heterocycles. The lowest BCUT2D eigenvalue weighted by Gasteiger charge is -2.40. The van der Waals surface area contributed by atoms with Gasteiger partial charge in [-0.15, -0.1) is 0 Å². The van der Waals surface area contributed by atoms with E-state index in [2.05, 4.69) is 19.2 Å². The summed E-state index contributed by atoms with van der Waals surface area (Å²) < 4.78 is 0. The number of hydrogen-bond acceptors (Lipinski definition) is 3. The third-order valence-corrected chi connectivity index (χ3v) is 4.12. The minimum Gasteiger partial charge on any atom is -0.480 e. The van der Waals surface area contributed by atoms with Gasteiger partial charge in [0.15, 0.2) is 0 Å². The summed E-state index contributed by atoms with van der Waals surface area (Å²) in [5.74, 6) is -0.246. The van der Waals surface area contributed by atoms with Crippen LogP contribution in [0.5, 0.6) is 0 Å². The van der Waals surface area contributed by atoms with Gasteiger partial charge in [0.05, 0.1) is 6.04 Å². The molecule has 1 aliphatic heterocycles. The molecule has 116 valence electrons. The van der Waals surface area contributed by atoms with Crippen molar-refractivity contribution in [3.05, 3.63) is 0 Å². The van der Waals surface area contributed by atoms with Crippen LogP contribution < -0.4 is 5.32 Å². The van der Waals surface area contributed by atoms with E-state index in [9.17, 15) is 14.7 Å². The average Bonchev–Trinajstić information content (AvgIpc) is 2.36. The van der Waals surface area contributed by atoms with Gasteiger partial charge in [0.25, 0.3) is 0 Å². The van der Waals surface area contributed by atoms with Gasteiger partial charge in [-0.05, 0) is 44.6 Å². The maximum atomic E-state index is 12.2. The standard InChI is InChI=1S/C15H28N2O3/c1-10(2)7-8-16-14(18)12(4)17-9-5-6-11(3)13(17)15(19)20/h10-13H,5-9H2,1-4H3,(H,16,18)(H,19,20). The molecule has 0 aromatic rings. The van der Waals surface area contributed by atoms with Crippen LogP contribution in [0.3, 0.4) is 0 Å². The Hall–Kier alpha value is -1.10. The lowest BCUT2D eigenvalue weighted by Crippen LogP contribution is -2.57. The first-order chi connectivity index (χ1) is 9.34. The first kappa shape index (κ1) is 17.0. The summed E-state index contributed by atoms with van der Waals surface area (Å²) in [6.45, 7) is 9.32. The highest BCUT2D eigenvalue weighted by molar-refractivity contribution is 5.82. The molecule has 2 N–H and O–H groups in total. The molecule has 1 amide bonds. The fraction of sp³-hybridized carbons (Fsp3) is 0.867. The number of hydrogen-bond donors (Lipinski definition) is 2. The molecule has 0 radical (unpaired) electrons. The van der Waals surface area contributed by atoms with Crippen molar-refractivity contribution >= 4 is 11.9 Å². The van der Waals surface area contributed by atoms with E-state index in [1.165, 1.54) is 0 Å². The van der Waals surface area contributed by atoms with Crippen LogP contribution in [0.15, 0.2) is 0 Å². The molecule has 1 fully saturated rings. The van der Waals surface area contributed by atoms with E-state index in [1.54, 1.807) is 6.92 Å². The smallest absolute Gasteiger partial charge is 0.321 e. The molecular weight excluding hydrogens is 256 g/mol. The number of piperidine rings is 1. The van der Waals surface area contributed by atoms with Crippen LogP contribution in [0.4, 0.5) is 0 Å². The van der Waals surface area contributed by atoms with E-state index in [0.717, 1.165) is 19.3 Å². The van der Waals surface area contributed by atoms with Gasteiger partial charge in [0.2, 0.25) is 5.91 Å². The van der Waals surface area contributed by atoms with Crippen LogP contribution in [0.25, 0.3) is 0 Å². The number of carboxylic acid groups (broad SMARTS) is 1. The van der Waals surface area contributed by atoms with Crippen molar-refractivity contribution in [2.75, 3.05) is 13.1 Å². The first-order valence-corrected chi connectivity index (χ1v) is 7.60. The summed E-state index contributed by atoms with van der Waals surface area (Å²) >= 11 is 0. The van der Waals surface area contributed by atoms with Crippen LogP contribution in [0.1, 0.15) is 47.0 Å². The Kier molecular flexibility index (Phi) is 6.46. The van der Waals surface area contributed by atoms with E-state index in [-0.39, 0.29) is 17.9 Å². The molecule has 0 bridgehead atoms. The number of likely N-dealkylation sites (tertiary alicyclic amines) is 1. The van der Waals surface area contributed by atoms with Gasteiger partial charge in [0.1, 0.15) is 6.04 Å². The number of rotatable bonds is 6. The molecule has 0 aliphatic carbocycles. The highest BCUT2D eigenvalue weighted by atomic mass is 16.4. The predicted octanol–water partition coefficient (Wildman–Crippen LogP) is 1.72. The molecule has 1 saturated heterocycles. The zero-order chi connectivity index (χ0) is 15.3. The number of amides is 1. The van der Waals surface area contributed by atoms with Crippen LogP contribution in [0, 0.1) is 11.8 Å². The third kappa shape index (κ3) is 4.47. The van der Waals surface area contributed by atoms with Gasteiger partial charge >= 0.3 is 5.97 Å². The van der Waals surface area contributed by atoms with Crippen molar-refractivity contribution in [2.45, 2.75) is 59.0 Å². The molecule has 0 saturated carbocycles. The Labute approximate surface area is 121 Å². The van der Waals surface area contributed by atoms with E-state index in [1.807, 2.05) is 11.8 Å². The lowest BCUT2D eigenvalue weighted by molar-refractivity contribution is -0.149. The molecule has 0 aromatic heterocycles. The second kappa shape index (κ2) is 7.62. The van der Waals surface area contributed by atoms with E-state index >= 15 is 0 Å². The molecule has 3 unspecified atom stereocenters. The second-order valence-electron chi connectivity index (χ2n) is 6.29. The van der Waals surface area contributed by atoms with Gasteiger partial charge in [-0.3, -0.25) is 14.5 Å². The number of aliphatic carboxylic acids is 1. The van der Waals surface area contributed by atoms with E-state index in [4.69, 9.17) is 0 Å². The Morgan fingerprint density at radius 1 is 1.35 bits per heavy atom. The van der Waals surface area contributed by atoms with E-state index < -0.39 is 12.0 Å². The molecule has 20 heavy (non-hydrogen) atoms. The monoisotopic (exact) mass is 284 g/mol. The number of carboxylic acids is 1. The highest BCUT2D eigenvalue weighted by Gasteiger charge is 2.38. The number of carbonyl (C=O) groups excluding carboxylic acids is 1. The van der Waals surface area contributed by atoms with Crippen molar-refractivity contribution in [3.63, 3.8) is 0 Å². The fourth-order valence-electron chi connectivity index (χ4n) is 2.82. The molecular formula is C15H28N2O3. The number of nitrogens with one attached hydrogen (secondary N) is 1. The Morgan fingerprint density at radius 3 is 2.55 bits per heavy atom. The quantitative estimate of drug-likeness (QED) is 0.779. The lowest BCUT2D eigenvalue weighted by atomic mass is 9.89. The minimum atomic E-state index is -0.820. The summed E-state index contributed by atoms with van der Waals surface area (Å²) in [5, 5.41) is 12.3. The Bertz CT molecular complexity index is 344. The van der Waals surface area contributed by atoms with Gasteiger partial charge < -0.3 is 10.4 Å². The van der Waals surface area contributed by atoms with Gasteiger partial charge in [-0.1, -0.05) is 20.8 Å². The number of nitrogens with zero attached hydrogens (tertiary/aromatic N) is 1. The van der Waals surface area contributed by atoms with Crippen molar-refractivity contribution in [3.8, 4) is 0 Å². The SMILES string of the molecule is CC(C)CCNC(=O)C(C)N1CCCC(C)C1C(=O)O. The zero-order valence-corrected chi connectivity index (χ0v) is 13.1. The van der Waals surface area contributed by atoms with Crippen LogP contribution >= 0.6 is 0 Å². The van der Waals surface area contributed by atoms with E-state index in [0.29, 0.717) is 19.0 Å². The molecule has 0 spiro atoms. The van der Waals surface area contributed by atoms with Gasteiger partial charge in [0, 0.05) is 6.54 Å². The summed E-state index contributed by atoms with van der Waals surface area (Å²) in [6.07, 6.45) is 2.81. The topological polar surface area (TPSA) is 69.6 Å². The Morgan fingerprint density at radius 2 is 2.00 bits per heavy atom. The normalized spacial score (nSPS) is 25.4. The number of carbonyl (C=O) groups is 2.